The number of hydrogen-bond donors (Lipinski definition) is 1. The molecule has 1 heterocycles. The molecule has 0 bridgehead atoms. The van der Waals surface area contributed by atoms with Crippen molar-refractivity contribution in [1.29, 1.82) is 0 Å². The summed E-state index contributed by atoms with van der Waals surface area (Å²) in [6.45, 7) is 3.81. The van der Waals surface area contributed by atoms with Crippen LogP contribution in [0.4, 0.5) is 0 Å². The summed E-state index contributed by atoms with van der Waals surface area (Å²) in [6.07, 6.45) is 0. The smallest absolute Gasteiger partial charge is 0.164 e. The summed E-state index contributed by atoms with van der Waals surface area (Å²) < 4.78 is 16.7. The molecule has 1 N–H and O–H groups in total. The van der Waals surface area contributed by atoms with Gasteiger partial charge in [-0.05, 0) is 23.8 Å². The predicted molar refractivity (Wildman–Crippen MR) is 104 cm³/mol. The van der Waals surface area contributed by atoms with E-state index < -0.39 is 0 Å². The maximum absolute atomic E-state index is 6.11. The minimum atomic E-state index is 0.0455. The largest absolute Gasteiger partial charge is 0.496 e. The van der Waals surface area contributed by atoms with Gasteiger partial charge in [0.2, 0.25) is 0 Å². The summed E-state index contributed by atoms with van der Waals surface area (Å²) in [5.74, 6) is 2.13. The number of piperazine rings is 1. The van der Waals surface area contributed by atoms with Crippen LogP contribution in [0.1, 0.15) is 17.2 Å². The second kappa shape index (κ2) is 8.62. The average molecular weight is 377 g/mol. The van der Waals surface area contributed by atoms with E-state index in [1.807, 2.05) is 24.3 Å². The summed E-state index contributed by atoms with van der Waals surface area (Å²) in [5, 5.41) is 4.14. The Hall–Kier alpha value is -1.95. The topological polar surface area (TPSA) is 43.0 Å². The van der Waals surface area contributed by atoms with Crippen molar-refractivity contribution in [2.24, 2.45) is 0 Å². The average Bonchev–Trinajstić information content (AvgIpc) is 2.70. The van der Waals surface area contributed by atoms with Crippen molar-refractivity contribution in [3.63, 3.8) is 0 Å². The maximum Gasteiger partial charge on any atom is 0.164 e. The molecule has 2 aromatic carbocycles. The molecule has 2 aromatic rings. The van der Waals surface area contributed by atoms with Gasteiger partial charge in [-0.3, -0.25) is 4.90 Å². The number of halogens is 1. The fourth-order valence-corrected chi connectivity index (χ4v) is 3.56. The fourth-order valence-electron chi connectivity index (χ4n) is 3.44. The van der Waals surface area contributed by atoms with Gasteiger partial charge in [-0.1, -0.05) is 23.7 Å². The number of nitrogens with one attached hydrogen (secondary N) is 1. The van der Waals surface area contributed by atoms with E-state index in [1.54, 1.807) is 21.3 Å². The van der Waals surface area contributed by atoms with Crippen LogP contribution in [0.5, 0.6) is 17.2 Å². The molecule has 6 heteroatoms. The van der Waals surface area contributed by atoms with Crippen molar-refractivity contribution in [1.82, 2.24) is 10.2 Å². The number of hydrogen-bond acceptors (Lipinski definition) is 5. The number of nitrogens with zero attached hydrogens (tertiary/aromatic N) is 1. The van der Waals surface area contributed by atoms with E-state index in [9.17, 15) is 0 Å². The minimum Gasteiger partial charge on any atom is -0.496 e. The zero-order valence-corrected chi connectivity index (χ0v) is 16.2. The normalized spacial score (nSPS) is 16.2. The SMILES string of the molecule is COc1cc(OC)c(C(c2ccc(Cl)cc2)N2CCNCC2)cc1OC. The molecule has 1 unspecified atom stereocenters. The van der Waals surface area contributed by atoms with Crippen LogP contribution < -0.4 is 19.5 Å². The molecule has 5 nitrogen and oxygen atoms in total. The summed E-state index contributed by atoms with van der Waals surface area (Å²) >= 11 is 6.11. The van der Waals surface area contributed by atoms with Gasteiger partial charge in [-0.15, -0.1) is 0 Å². The first-order valence-electron chi connectivity index (χ1n) is 8.68. The molecule has 1 aliphatic rings. The van der Waals surface area contributed by atoms with E-state index in [-0.39, 0.29) is 6.04 Å². The van der Waals surface area contributed by atoms with Gasteiger partial charge in [0.15, 0.2) is 11.5 Å². The molecular formula is C20H25ClN2O3. The molecule has 1 saturated heterocycles. The molecule has 140 valence electrons. The zero-order valence-electron chi connectivity index (χ0n) is 15.4. The van der Waals surface area contributed by atoms with Crippen LogP contribution in [0.2, 0.25) is 5.02 Å². The van der Waals surface area contributed by atoms with Gasteiger partial charge in [0.05, 0.1) is 27.4 Å². The Labute approximate surface area is 159 Å². The minimum absolute atomic E-state index is 0.0455. The van der Waals surface area contributed by atoms with E-state index in [0.717, 1.165) is 42.5 Å². The summed E-state index contributed by atoms with van der Waals surface area (Å²) in [7, 11) is 4.96. The molecular weight excluding hydrogens is 352 g/mol. The Balaban J connectivity index is 2.12. The van der Waals surface area contributed by atoms with E-state index in [2.05, 4.69) is 22.3 Å². The van der Waals surface area contributed by atoms with Gasteiger partial charge in [-0.2, -0.15) is 0 Å². The fraction of sp³-hybridized carbons (Fsp3) is 0.400. The first-order chi connectivity index (χ1) is 12.7. The molecule has 3 rings (SSSR count). The molecule has 1 atom stereocenters. The number of methoxy groups -OCH3 is 3. The second-order valence-corrected chi connectivity index (χ2v) is 6.63. The molecule has 0 aliphatic carbocycles. The number of benzene rings is 2. The van der Waals surface area contributed by atoms with Crippen molar-refractivity contribution in [3.05, 3.63) is 52.5 Å². The Morgan fingerprint density at radius 1 is 0.885 bits per heavy atom. The summed E-state index contributed by atoms with van der Waals surface area (Å²) in [4.78, 5) is 2.45. The van der Waals surface area contributed by atoms with Crippen LogP contribution in [0.25, 0.3) is 0 Å². The molecule has 0 amide bonds. The van der Waals surface area contributed by atoms with E-state index in [0.29, 0.717) is 11.5 Å². The van der Waals surface area contributed by atoms with Gasteiger partial charge in [0, 0.05) is 42.8 Å². The van der Waals surface area contributed by atoms with Gasteiger partial charge < -0.3 is 19.5 Å². The third kappa shape index (κ3) is 3.90. The van der Waals surface area contributed by atoms with Crippen molar-refractivity contribution in [3.8, 4) is 17.2 Å². The van der Waals surface area contributed by atoms with Crippen LogP contribution in [0.3, 0.4) is 0 Å². The lowest BCUT2D eigenvalue weighted by Gasteiger charge is -2.36. The van der Waals surface area contributed by atoms with Gasteiger partial charge in [0.25, 0.3) is 0 Å². The summed E-state index contributed by atoms with van der Waals surface area (Å²) in [6, 6.07) is 12.0. The highest BCUT2D eigenvalue weighted by Crippen LogP contribution is 2.41. The first-order valence-corrected chi connectivity index (χ1v) is 9.06. The lowest BCUT2D eigenvalue weighted by molar-refractivity contribution is 0.195. The molecule has 1 fully saturated rings. The van der Waals surface area contributed by atoms with Crippen LogP contribution in [0, 0.1) is 0 Å². The van der Waals surface area contributed by atoms with Crippen molar-refractivity contribution >= 4 is 11.6 Å². The van der Waals surface area contributed by atoms with Crippen molar-refractivity contribution in [2.75, 3.05) is 47.5 Å². The summed E-state index contributed by atoms with van der Waals surface area (Å²) in [5.41, 5.74) is 2.22. The second-order valence-electron chi connectivity index (χ2n) is 6.19. The molecule has 1 aliphatic heterocycles. The third-order valence-corrected chi connectivity index (χ3v) is 4.98. The van der Waals surface area contributed by atoms with Gasteiger partial charge >= 0.3 is 0 Å². The van der Waals surface area contributed by atoms with Crippen LogP contribution >= 0.6 is 11.6 Å². The highest BCUT2D eigenvalue weighted by Gasteiger charge is 2.28. The molecule has 0 aromatic heterocycles. The quantitative estimate of drug-likeness (QED) is 0.837. The Morgan fingerprint density at radius 2 is 1.46 bits per heavy atom. The monoisotopic (exact) mass is 376 g/mol. The molecule has 0 spiro atoms. The maximum atomic E-state index is 6.11. The lowest BCUT2D eigenvalue weighted by Crippen LogP contribution is -2.45. The van der Waals surface area contributed by atoms with Crippen LogP contribution in [0.15, 0.2) is 36.4 Å². The Bertz CT molecular complexity index is 731. The van der Waals surface area contributed by atoms with Crippen molar-refractivity contribution < 1.29 is 14.2 Å². The van der Waals surface area contributed by atoms with Crippen molar-refractivity contribution in [2.45, 2.75) is 6.04 Å². The van der Waals surface area contributed by atoms with E-state index >= 15 is 0 Å². The molecule has 0 radical (unpaired) electrons. The predicted octanol–water partition coefficient (Wildman–Crippen LogP) is 3.36. The number of ether oxygens (including phenoxy) is 3. The van der Waals surface area contributed by atoms with Gasteiger partial charge in [0.1, 0.15) is 5.75 Å². The number of rotatable bonds is 6. The zero-order chi connectivity index (χ0) is 18.5. The standard InChI is InChI=1S/C20H25ClN2O3/c1-24-17-13-19(26-3)18(25-2)12-16(17)20(23-10-8-22-9-11-23)14-4-6-15(21)7-5-14/h4-7,12-13,20,22H,8-11H2,1-3H3. The third-order valence-electron chi connectivity index (χ3n) is 4.73. The van der Waals surface area contributed by atoms with E-state index in [4.69, 9.17) is 25.8 Å². The van der Waals surface area contributed by atoms with Gasteiger partial charge in [-0.25, -0.2) is 0 Å². The lowest BCUT2D eigenvalue weighted by atomic mass is 9.95. The van der Waals surface area contributed by atoms with Crippen LogP contribution in [-0.4, -0.2) is 52.4 Å². The van der Waals surface area contributed by atoms with Crippen LogP contribution in [-0.2, 0) is 0 Å². The Morgan fingerprint density at radius 3 is 2.04 bits per heavy atom. The highest BCUT2D eigenvalue weighted by atomic mass is 35.5. The molecule has 26 heavy (non-hydrogen) atoms. The Kier molecular flexibility index (Phi) is 6.25. The highest BCUT2D eigenvalue weighted by molar-refractivity contribution is 6.30. The first kappa shape index (κ1) is 18.8. The van der Waals surface area contributed by atoms with E-state index in [1.165, 1.54) is 5.56 Å². The molecule has 0 saturated carbocycles.